The lowest BCUT2D eigenvalue weighted by atomic mass is 10.2. The summed E-state index contributed by atoms with van der Waals surface area (Å²) >= 11 is 7.61. The van der Waals surface area contributed by atoms with Crippen molar-refractivity contribution in [2.45, 2.75) is 19.5 Å². The van der Waals surface area contributed by atoms with Crippen LogP contribution < -0.4 is 5.32 Å². The molecule has 0 saturated heterocycles. The van der Waals surface area contributed by atoms with Crippen LogP contribution in [0, 0.1) is 0 Å². The van der Waals surface area contributed by atoms with Crippen LogP contribution in [0.5, 0.6) is 0 Å². The summed E-state index contributed by atoms with van der Waals surface area (Å²) in [5, 5.41) is 6.28. The summed E-state index contributed by atoms with van der Waals surface area (Å²) in [5.41, 5.74) is 1.37. The van der Waals surface area contributed by atoms with Crippen molar-refractivity contribution in [2.75, 3.05) is 20.1 Å². The van der Waals surface area contributed by atoms with Crippen LogP contribution in [0.2, 0.25) is 5.02 Å². The van der Waals surface area contributed by atoms with Gasteiger partial charge in [0.05, 0.1) is 5.02 Å². The predicted molar refractivity (Wildman–Crippen MR) is 88.4 cm³/mol. The average Bonchev–Trinajstić information content (AvgIpc) is 2.85. The Morgan fingerprint density at radius 3 is 2.75 bits per heavy atom. The fourth-order valence-electron chi connectivity index (χ4n) is 2.11. The number of hydrogen-bond donors (Lipinski definition) is 1. The molecule has 4 heteroatoms. The fraction of sp³-hybridized carbons (Fsp3) is 0.375. The first-order valence-corrected chi connectivity index (χ1v) is 8.16. The Balaban J connectivity index is 1.56. The molecule has 2 aromatic rings. The Hall–Kier alpha value is -0.870. The van der Waals surface area contributed by atoms with Crippen molar-refractivity contribution in [3.8, 4) is 0 Å². The van der Waals surface area contributed by atoms with Gasteiger partial charge in [-0.1, -0.05) is 41.9 Å². The maximum absolute atomic E-state index is 5.90. The van der Waals surface area contributed by atoms with Crippen molar-refractivity contribution in [3.05, 3.63) is 57.2 Å². The Kier molecular flexibility index (Phi) is 6.54. The van der Waals surface area contributed by atoms with E-state index >= 15 is 0 Å². The lowest BCUT2D eigenvalue weighted by molar-refractivity contribution is 0.319. The molecule has 2 rings (SSSR count). The van der Waals surface area contributed by atoms with Crippen LogP contribution >= 0.6 is 22.9 Å². The first-order chi connectivity index (χ1) is 9.74. The van der Waals surface area contributed by atoms with Gasteiger partial charge in [-0.15, -0.1) is 11.3 Å². The van der Waals surface area contributed by atoms with Crippen molar-refractivity contribution in [3.63, 3.8) is 0 Å². The largest absolute Gasteiger partial charge is 0.312 e. The normalized spacial score (nSPS) is 11.2. The SMILES string of the molecule is CN(CCCNCc1cc(Cl)cs1)Cc1ccccc1. The van der Waals surface area contributed by atoms with Crippen LogP contribution in [-0.2, 0) is 13.1 Å². The van der Waals surface area contributed by atoms with Crippen molar-refractivity contribution in [1.29, 1.82) is 0 Å². The molecule has 1 aromatic heterocycles. The highest BCUT2D eigenvalue weighted by Gasteiger charge is 2.00. The monoisotopic (exact) mass is 308 g/mol. The van der Waals surface area contributed by atoms with E-state index in [1.807, 2.05) is 11.4 Å². The smallest absolute Gasteiger partial charge is 0.0516 e. The Bertz CT molecular complexity index is 498. The zero-order chi connectivity index (χ0) is 14.2. The van der Waals surface area contributed by atoms with Gasteiger partial charge in [0.1, 0.15) is 0 Å². The standard InChI is InChI=1S/C16H21ClN2S/c1-19(12-14-6-3-2-4-7-14)9-5-8-18-11-16-10-15(17)13-20-16/h2-4,6-7,10,13,18H,5,8-9,11-12H2,1H3. The van der Waals surface area contributed by atoms with Crippen LogP contribution in [0.15, 0.2) is 41.8 Å². The van der Waals surface area contributed by atoms with Gasteiger partial charge < -0.3 is 10.2 Å². The van der Waals surface area contributed by atoms with Crippen LogP contribution in [0.25, 0.3) is 0 Å². The first-order valence-electron chi connectivity index (χ1n) is 6.90. The minimum atomic E-state index is 0.842. The number of hydrogen-bond acceptors (Lipinski definition) is 3. The highest BCUT2D eigenvalue weighted by molar-refractivity contribution is 7.10. The van der Waals surface area contributed by atoms with Gasteiger partial charge in [0, 0.05) is 23.3 Å². The summed E-state index contributed by atoms with van der Waals surface area (Å²) in [6.07, 6.45) is 1.16. The van der Waals surface area contributed by atoms with E-state index in [0.29, 0.717) is 0 Å². The van der Waals surface area contributed by atoms with Gasteiger partial charge in [0.25, 0.3) is 0 Å². The number of nitrogens with zero attached hydrogens (tertiary/aromatic N) is 1. The van der Waals surface area contributed by atoms with Crippen molar-refractivity contribution < 1.29 is 0 Å². The van der Waals surface area contributed by atoms with E-state index in [-0.39, 0.29) is 0 Å². The van der Waals surface area contributed by atoms with E-state index in [2.05, 4.69) is 47.6 Å². The molecular formula is C16H21ClN2S. The van der Waals surface area contributed by atoms with E-state index in [4.69, 9.17) is 11.6 Å². The number of halogens is 1. The number of rotatable bonds is 8. The second-order valence-corrected chi connectivity index (χ2v) is 6.42. The third-order valence-electron chi connectivity index (χ3n) is 3.11. The molecule has 2 nitrogen and oxygen atoms in total. The Labute approximate surface area is 130 Å². The van der Waals surface area contributed by atoms with E-state index in [9.17, 15) is 0 Å². The molecule has 0 aliphatic rings. The van der Waals surface area contributed by atoms with Crippen molar-refractivity contribution in [1.82, 2.24) is 10.2 Å². The maximum atomic E-state index is 5.90. The summed E-state index contributed by atoms with van der Waals surface area (Å²) in [5.74, 6) is 0. The van der Waals surface area contributed by atoms with Crippen molar-refractivity contribution >= 4 is 22.9 Å². The van der Waals surface area contributed by atoms with E-state index in [1.165, 1.54) is 10.4 Å². The molecule has 0 saturated carbocycles. The van der Waals surface area contributed by atoms with Gasteiger partial charge in [0.15, 0.2) is 0 Å². The number of thiophene rings is 1. The van der Waals surface area contributed by atoms with Crippen LogP contribution in [0.4, 0.5) is 0 Å². The maximum Gasteiger partial charge on any atom is 0.0516 e. The molecular weight excluding hydrogens is 288 g/mol. The highest BCUT2D eigenvalue weighted by Crippen LogP contribution is 2.18. The van der Waals surface area contributed by atoms with Gasteiger partial charge in [-0.25, -0.2) is 0 Å². The summed E-state index contributed by atoms with van der Waals surface area (Å²) in [7, 11) is 2.17. The Morgan fingerprint density at radius 2 is 2.05 bits per heavy atom. The van der Waals surface area contributed by atoms with Gasteiger partial charge >= 0.3 is 0 Å². The van der Waals surface area contributed by atoms with E-state index in [1.54, 1.807) is 11.3 Å². The molecule has 1 heterocycles. The predicted octanol–water partition coefficient (Wildman–Crippen LogP) is 4.01. The quantitative estimate of drug-likeness (QED) is 0.741. The minimum Gasteiger partial charge on any atom is -0.312 e. The van der Waals surface area contributed by atoms with E-state index < -0.39 is 0 Å². The topological polar surface area (TPSA) is 15.3 Å². The van der Waals surface area contributed by atoms with Gasteiger partial charge in [-0.2, -0.15) is 0 Å². The first kappa shape index (κ1) is 15.5. The molecule has 1 N–H and O–H groups in total. The lowest BCUT2D eigenvalue weighted by Gasteiger charge is -2.16. The van der Waals surface area contributed by atoms with Gasteiger partial charge in [-0.3, -0.25) is 0 Å². The zero-order valence-corrected chi connectivity index (χ0v) is 13.4. The molecule has 0 spiro atoms. The second-order valence-electron chi connectivity index (χ2n) is 4.98. The third-order valence-corrected chi connectivity index (χ3v) is 4.39. The summed E-state index contributed by atoms with van der Waals surface area (Å²) in [6, 6.07) is 12.6. The van der Waals surface area contributed by atoms with Gasteiger partial charge in [0.2, 0.25) is 0 Å². The van der Waals surface area contributed by atoms with Crippen LogP contribution in [0.3, 0.4) is 0 Å². The third kappa shape index (κ3) is 5.63. The summed E-state index contributed by atoms with van der Waals surface area (Å²) in [6.45, 7) is 4.07. The average molecular weight is 309 g/mol. The molecule has 0 aliphatic heterocycles. The van der Waals surface area contributed by atoms with E-state index in [0.717, 1.165) is 37.6 Å². The molecule has 0 unspecified atom stereocenters. The van der Waals surface area contributed by atoms with Crippen molar-refractivity contribution in [2.24, 2.45) is 0 Å². The second kappa shape index (κ2) is 8.42. The lowest BCUT2D eigenvalue weighted by Crippen LogP contribution is -2.23. The van der Waals surface area contributed by atoms with Gasteiger partial charge in [-0.05, 0) is 38.2 Å². The summed E-state index contributed by atoms with van der Waals surface area (Å²) < 4.78 is 0. The molecule has 1 aromatic carbocycles. The van der Waals surface area contributed by atoms with Crippen LogP contribution in [0.1, 0.15) is 16.9 Å². The molecule has 20 heavy (non-hydrogen) atoms. The molecule has 0 aliphatic carbocycles. The minimum absolute atomic E-state index is 0.842. The highest BCUT2D eigenvalue weighted by atomic mass is 35.5. The molecule has 0 fully saturated rings. The molecule has 0 atom stereocenters. The number of nitrogens with one attached hydrogen (secondary N) is 1. The Morgan fingerprint density at radius 1 is 1.25 bits per heavy atom. The molecule has 0 radical (unpaired) electrons. The molecule has 0 bridgehead atoms. The summed E-state index contributed by atoms with van der Waals surface area (Å²) in [4.78, 5) is 3.66. The molecule has 0 amide bonds. The van der Waals surface area contributed by atoms with Crippen LogP contribution in [-0.4, -0.2) is 25.0 Å². The molecule has 108 valence electrons. The number of benzene rings is 1. The fourth-order valence-corrected chi connectivity index (χ4v) is 3.15. The zero-order valence-electron chi connectivity index (χ0n) is 11.8.